The molecule has 0 atom stereocenters. The normalized spacial score (nSPS) is 14.9. The van der Waals surface area contributed by atoms with Crippen molar-refractivity contribution in [2.24, 2.45) is 0 Å². The molecule has 0 aromatic heterocycles. The third-order valence-electron chi connectivity index (χ3n) is 5.36. The van der Waals surface area contributed by atoms with Crippen LogP contribution in [0.5, 0.6) is 5.75 Å². The van der Waals surface area contributed by atoms with Gasteiger partial charge in [-0.3, -0.25) is 9.10 Å². The van der Waals surface area contributed by atoms with Gasteiger partial charge in [0.2, 0.25) is 26.0 Å². The molecule has 0 spiro atoms. The van der Waals surface area contributed by atoms with Crippen LogP contribution in [0.1, 0.15) is 19.3 Å². The number of carbonyl (C=O) groups excluding carboxylic acids is 1. The Balaban J connectivity index is 1.52. The lowest BCUT2D eigenvalue weighted by atomic mass is 10.2. The molecule has 9 nitrogen and oxygen atoms in total. The van der Waals surface area contributed by atoms with Crippen LogP contribution in [0.15, 0.2) is 47.4 Å². The van der Waals surface area contributed by atoms with Gasteiger partial charge in [0.05, 0.1) is 33.4 Å². The lowest BCUT2D eigenvalue weighted by molar-refractivity contribution is -0.119. The number of rotatable bonds is 10. The first-order valence-electron chi connectivity index (χ1n) is 10.9. The number of hydrogen-bond acceptors (Lipinski definition) is 6. The molecule has 0 unspecified atom stereocenters. The van der Waals surface area contributed by atoms with Crippen molar-refractivity contribution in [3.05, 3.63) is 52.5 Å². The van der Waals surface area contributed by atoms with Crippen molar-refractivity contribution in [3.8, 4) is 5.75 Å². The summed E-state index contributed by atoms with van der Waals surface area (Å²) < 4.78 is 57.8. The Bertz CT molecular complexity index is 1250. The third kappa shape index (κ3) is 7.23. The van der Waals surface area contributed by atoms with Crippen LogP contribution in [0, 0.1) is 0 Å². The number of halogens is 2. The van der Waals surface area contributed by atoms with Crippen molar-refractivity contribution in [2.45, 2.75) is 24.2 Å². The van der Waals surface area contributed by atoms with E-state index in [0.717, 1.165) is 29.8 Å². The zero-order valence-corrected chi connectivity index (χ0v) is 22.3. The molecule has 0 saturated carbocycles. The van der Waals surface area contributed by atoms with E-state index in [9.17, 15) is 21.6 Å². The monoisotopic (exact) mass is 563 g/mol. The van der Waals surface area contributed by atoms with Crippen molar-refractivity contribution in [2.75, 3.05) is 43.3 Å². The molecule has 1 heterocycles. The molecule has 1 fully saturated rings. The van der Waals surface area contributed by atoms with Crippen molar-refractivity contribution in [3.63, 3.8) is 0 Å². The van der Waals surface area contributed by atoms with Crippen LogP contribution in [0.3, 0.4) is 0 Å². The van der Waals surface area contributed by atoms with Gasteiger partial charge in [0, 0.05) is 13.1 Å². The predicted octanol–water partition coefficient (Wildman–Crippen LogP) is 3.13. The van der Waals surface area contributed by atoms with Gasteiger partial charge in [-0.15, -0.1) is 0 Å². The molecule has 0 radical (unpaired) electrons. The lowest BCUT2D eigenvalue weighted by Crippen LogP contribution is -2.41. The summed E-state index contributed by atoms with van der Waals surface area (Å²) in [6.07, 6.45) is 3.73. The first-order valence-corrected chi connectivity index (χ1v) is 15.0. The van der Waals surface area contributed by atoms with E-state index in [1.165, 1.54) is 34.6 Å². The summed E-state index contributed by atoms with van der Waals surface area (Å²) in [6, 6.07) is 10.6. The molecular formula is C22H27Cl2N3O6S2. The van der Waals surface area contributed by atoms with E-state index in [0.29, 0.717) is 18.8 Å². The zero-order chi connectivity index (χ0) is 25.6. The zero-order valence-electron chi connectivity index (χ0n) is 19.1. The molecule has 0 aliphatic carbocycles. The molecule has 1 N–H and O–H groups in total. The lowest BCUT2D eigenvalue weighted by Gasteiger charge is -2.25. The maximum atomic E-state index is 12.7. The molecule has 192 valence electrons. The van der Waals surface area contributed by atoms with E-state index in [4.69, 9.17) is 27.9 Å². The van der Waals surface area contributed by atoms with E-state index >= 15 is 0 Å². The van der Waals surface area contributed by atoms with Crippen molar-refractivity contribution in [1.29, 1.82) is 0 Å². The highest BCUT2D eigenvalue weighted by molar-refractivity contribution is 7.92. The quantitative estimate of drug-likeness (QED) is 0.444. The topological polar surface area (TPSA) is 113 Å². The smallest absolute Gasteiger partial charge is 0.243 e. The Morgan fingerprint density at radius 2 is 1.69 bits per heavy atom. The number of nitrogens with zero attached hydrogens (tertiary/aromatic N) is 2. The molecule has 1 saturated heterocycles. The van der Waals surface area contributed by atoms with Gasteiger partial charge in [0.15, 0.2) is 0 Å². The van der Waals surface area contributed by atoms with Crippen LogP contribution in [-0.2, 0) is 24.8 Å². The fourth-order valence-corrected chi connectivity index (χ4v) is 6.40. The van der Waals surface area contributed by atoms with Gasteiger partial charge in [0.25, 0.3) is 0 Å². The fraction of sp³-hybridized carbons (Fsp3) is 0.409. The van der Waals surface area contributed by atoms with E-state index in [-0.39, 0.29) is 33.8 Å². The number of hydrogen-bond donors (Lipinski definition) is 1. The van der Waals surface area contributed by atoms with Gasteiger partial charge in [0.1, 0.15) is 18.9 Å². The Hall–Kier alpha value is -2.05. The summed E-state index contributed by atoms with van der Waals surface area (Å²) >= 11 is 12.1. The summed E-state index contributed by atoms with van der Waals surface area (Å²) in [5.41, 5.74) is 0.104. The first kappa shape index (κ1) is 27.5. The fourth-order valence-electron chi connectivity index (χ4n) is 3.57. The van der Waals surface area contributed by atoms with Crippen LogP contribution >= 0.6 is 23.2 Å². The third-order valence-corrected chi connectivity index (χ3v) is 9.21. The van der Waals surface area contributed by atoms with Crippen molar-refractivity contribution < 1.29 is 26.4 Å². The maximum absolute atomic E-state index is 12.7. The second kappa shape index (κ2) is 11.8. The molecule has 3 rings (SSSR count). The number of piperidine rings is 1. The number of amides is 1. The van der Waals surface area contributed by atoms with Crippen molar-refractivity contribution in [1.82, 2.24) is 9.62 Å². The Morgan fingerprint density at radius 1 is 1.03 bits per heavy atom. The van der Waals surface area contributed by atoms with Crippen LogP contribution in [0.25, 0.3) is 0 Å². The predicted molar refractivity (Wildman–Crippen MR) is 136 cm³/mol. The SMILES string of the molecule is CS(=O)(=O)N(CC(=O)NCCOc1ccc(S(=O)(=O)N2CCCCC2)cc1)c1cccc(Cl)c1Cl. The largest absolute Gasteiger partial charge is 0.492 e. The number of nitrogens with one attached hydrogen (secondary N) is 1. The molecule has 13 heteroatoms. The minimum Gasteiger partial charge on any atom is -0.492 e. The summed E-state index contributed by atoms with van der Waals surface area (Å²) in [7, 11) is -7.32. The first-order chi connectivity index (χ1) is 16.5. The van der Waals surface area contributed by atoms with Crippen LogP contribution in [0.4, 0.5) is 5.69 Å². The Labute approximate surface area is 216 Å². The maximum Gasteiger partial charge on any atom is 0.243 e. The molecule has 2 aromatic carbocycles. The summed E-state index contributed by atoms with van der Waals surface area (Å²) in [5.74, 6) is -0.113. The Kier molecular flexibility index (Phi) is 9.28. The Morgan fingerprint density at radius 3 is 2.31 bits per heavy atom. The highest BCUT2D eigenvalue weighted by Gasteiger charge is 2.26. The van der Waals surface area contributed by atoms with Crippen molar-refractivity contribution >= 4 is 54.8 Å². The van der Waals surface area contributed by atoms with E-state index in [1.54, 1.807) is 12.1 Å². The van der Waals surface area contributed by atoms with Crippen LogP contribution in [0.2, 0.25) is 10.0 Å². The van der Waals surface area contributed by atoms with Crippen LogP contribution in [-0.4, -0.2) is 66.1 Å². The molecule has 1 aliphatic rings. The number of carbonyl (C=O) groups is 1. The highest BCUT2D eigenvalue weighted by Crippen LogP contribution is 2.33. The number of ether oxygens (including phenoxy) is 1. The second-order valence-electron chi connectivity index (χ2n) is 7.98. The molecule has 0 bridgehead atoms. The molecule has 35 heavy (non-hydrogen) atoms. The summed E-state index contributed by atoms with van der Waals surface area (Å²) in [4.78, 5) is 12.6. The number of anilines is 1. The van der Waals surface area contributed by atoms with E-state index in [2.05, 4.69) is 5.32 Å². The van der Waals surface area contributed by atoms with E-state index < -0.39 is 32.5 Å². The molecule has 1 amide bonds. The van der Waals surface area contributed by atoms with Gasteiger partial charge in [-0.05, 0) is 49.2 Å². The van der Waals surface area contributed by atoms with Gasteiger partial charge >= 0.3 is 0 Å². The van der Waals surface area contributed by atoms with Crippen LogP contribution < -0.4 is 14.4 Å². The summed E-state index contributed by atoms with van der Waals surface area (Å²) in [6.45, 7) is 0.775. The second-order valence-corrected chi connectivity index (χ2v) is 12.6. The molecular weight excluding hydrogens is 537 g/mol. The minimum absolute atomic E-state index is 0.0291. The number of sulfonamides is 2. The minimum atomic E-state index is -3.80. The standard InChI is InChI=1S/C22H27Cl2N3O6S2/c1-34(29,30)27(20-7-5-6-19(23)22(20)24)16-21(28)25-12-15-33-17-8-10-18(11-9-17)35(31,32)26-13-3-2-4-14-26/h5-11H,2-4,12-16H2,1H3,(H,25,28). The average molecular weight is 565 g/mol. The van der Waals surface area contributed by atoms with Gasteiger partial charge in [-0.2, -0.15) is 4.31 Å². The van der Waals surface area contributed by atoms with Gasteiger partial charge < -0.3 is 10.1 Å². The van der Waals surface area contributed by atoms with E-state index in [1.807, 2.05) is 0 Å². The number of benzene rings is 2. The van der Waals surface area contributed by atoms with Gasteiger partial charge in [-0.25, -0.2) is 16.8 Å². The molecule has 1 aliphatic heterocycles. The highest BCUT2D eigenvalue weighted by atomic mass is 35.5. The molecule has 2 aromatic rings. The average Bonchev–Trinajstić information content (AvgIpc) is 2.82. The summed E-state index contributed by atoms with van der Waals surface area (Å²) in [5, 5.41) is 2.79. The van der Waals surface area contributed by atoms with Gasteiger partial charge in [-0.1, -0.05) is 35.7 Å².